The van der Waals surface area contributed by atoms with Crippen LogP contribution in [0.2, 0.25) is 0 Å². The first-order valence-electron chi connectivity index (χ1n) is 11.6. The molecule has 0 aliphatic rings. The molecule has 4 aromatic rings. The number of hydrogen-bond acceptors (Lipinski definition) is 7. The molecule has 0 saturated carbocycles. The maximum Gasteiger partial charge on any atom is 0.248 e. The highest BCUT2D eigenvalue weighted by atomic mass is 16.5. The van der Waals surface area contributed by atoms with E-state index in [0.29, 0.717) is 56.4 Å². The second-order valence-electron chi connectivity index (χ2n) is 8.16. The monoisotopic (exact) mass is 477 g/mol. The SMILES string of the molecule is CCn1nc(C)cc1-c1ncc2c3cc(C(N)=O)cc(OCCCOC)c3n(C/C=C/CN)c2n1. The third kappa shape index (κ3) is 4.89. The van der Waals surface area contributed by atoms with Gasteiger partial charge in [0.05, 0.1) is 17.8 Å². The highest BCUT2D eigenvalue weighted by molar-refractivity contribution is 6.11. The van der Waals surface area contributed by atoms with Crippen LogP contribution in [0.25, 0.3) is 33.5 Å². The normalized spacial score (nSPS) is 11.8. The largest absolute Gasteiger partial charge is 0.491 e. The second-order valence-corrected chi connectivity index (χ2v) is 8.16. The van der Waals surface area contributed by atoms with Crippen molar-refractivity contribution in [3.05, 3.63) is 47.8 Å². The molecule has 184 valence electrons. The van der Waals surface area contributed by atoms with E-state index in [4.69, 9.17) is 25.9 Å². The Balaban J connectivity index is 1.96. The zero-order chi connectivity index (χ0) is 24.9. The molecule has 3 aromatic heterocycles. The van der Waals surface area contributed by atoms with Crippen LogP contribution < -0.4 is 16.2 Å². The van der Waals surface area contributed by atoms with Gasteiger partial charge in [0.25, 0.3) is 0 Å². The molecule has 0 atom stereocenters. The Morgan fingerprint density at radius 2 is 2.00 bits per heavy atom. The van der Waals surface area contributed by atoms with Gasteiger partial charge in [-0.25, -0.2) is 9.97 Å². The van der Waals surface area contributed by atoms with E-state index in [2.05, 4.69) is 14.6 Å². The van der Waals surface area contributed by atoms with Crippen LogP contribution in [-0.2, 0) is 17.8 Å². The molecule has 10 heteroatoms. The number of amides is 1. The Morgan fingerprint density at radius 3 is 2.71 bits per heavy atom. The summed E-state index contributed by atoms with van der Waals surface area (Å²) in [4.78, 5) is 21.7. The van der Waals surface area contributed by atoms with Crippen LogP contribution in [0.15, 0.2) is 36.5 Å². The van der Waals surface area contributed by atoms with Gasteiger partial charge in [-0.3, -0.25) is 9.48 Å². The van der Waals surface area contributed by atoms with Crippen molar-refractivity contribution in [2.24, 2.45) is 11.5 Å². The molecule has 0 fully saturated rings. The van der Waals surface area contributed by atoms with E-state index in [1.165, 1.54) is 0 Å². The molecule has 10 nitrogen and oxygen atoms in total. The van der Waals surface area contributed by atoms with Crippen molar-refractivity contribution < 1.29 is 14.3 Å². The lowest BCUT2D eigenvalue weighted by Gasteiger charge is -2.12. The van der Waals surface area contributed by atoms with E-state index in [1.54, 1.807) is 25.4 Å². The smallest absolute Gasteiger partial charge is 0.248 e. The van der Waals surface area contributed by atoms with Crippen LogP contribution >= 0.6 is 0 Å². The number of benzene rings is 1. The van der Waals surface area contributed by atoms with Crippen molar-refractivity contribution in [2.45, 2.75) is 33.4 Å². The number of carbonyl (C=O) groups is 1. The van der Waals surface area contributed by atoms with E-state index in [0.717, 1.165) is 33.3 Å². The number of fused-ring (bicyclic) bond motifs is 3. The highest BCUT2D eigenvalue weighted by Gasteiger charge is 2.21. The Labute approximate surface area is 203 Å². The van der Waals surface area contributed by atoms with Crippen LogP contribution in [0.3, 0.4) is 0 Å². The lowest BCUT2D eigenvalue weighted by atomic mass is 10.1. The molecule has 0 bridgehead atoms. The summed E-state index contributed by atoms with van der Waals surface area (Å²) in [6, 6.07) is 5.43. The van der Waals surface area contributed by atoms with Crippen LogP contribution in [0.4, 0.5) is 0 Å². The molecular weight excluding hydrogens is 446 g/mol. The van der Waals surface area contributed by atoms with Gasteiger partial charge >= 0.3 is 0 Å². The van der Waals surface area contributed by atoms with E-state index < -0.39 is 5.91 Å². The van der Waals surface area contributed by atoms with Crippen LogP contribution in [0, 0.1) is 6.92 Å². The minimum absolute atomic E-state index is 0.361. The fourth-order valence-electron chi connectivity index (χ4n) is 4.15. The Bertz CT molecular complexity index is 1390. The van der Waals surface area contributed by atoms with Gasteiger partial charge in [-0.1, -0.05) is 12.2 Å². The van der Waals surface area contributed by atoms with Crippen molar-refractivity contribution in [1.29, 1.82) is 0 Å². The highest BCUT2D eigenvalue weighted by Crippen LogP contribution is 2.36. The van der Waals surface area contributed by atoms with Crippen LogP contribution in [-0.4, -0.2) is 57.1 Å². The average Bonchev–Trinajstić information content (AvgIpc) is 3.39. The molecule has 0 saturated heterocycles. The summed E-state index contributed by atoms with van der Waals surface area (Å²) in [6.45, 7) is 6.62. The molecule has 0 spiro atoms. The van der Waals surface area contributed by atoms with Gasteiger partial charge in [0.1, 0.15) is 17.1 Å². The third-order valence-corrected chi connectivity index (χ3v) is 5.72. The number of allylic oxidation sites excluding steroid dienone is 1. The molecule has 0 aliphatic heterocycles. The number of hydrogen-bond donors (Lipinski definition) is 2. The average molecular weight is 478 g/mol. The molecule has 0 unspecified atom stereocenters. The van der Waals surface area contributed by atoms with Gasteiger partial charge in [-0.15, -0.1) is 0 Å². The predicted molar refractivity (Wildman–Crippen MR) is 135 cm³/mol. The Hall–Kier alpha value is -3.76. The third-order valence-electron chi connectivity index (χ3n) is 5.72. The van der Waals surface area contributed by atoms with Crippen LogP contribution in [0.5, 0.6) is 5.75 Å². The molecule has 1 aromatic carbocycles. The molecule has 3 heterocycles. The molecule has 4 N–H and O–H groups in total. The molecule has 35 heavy (non-hydrogen) atoms. The summed E-state index contributed by atoms with van der Waals surface area (Å²) in [5.74, 6) is 0.601. The quantitative estimate of drug-likeness (QED) is 0.250. The van der Waals surface area contributed by atoms with Gasteiger partial charge in [0.15, 0.2) is 5.82 Å². The van der Waals surface area contributed by atoms with Gasteiger partial charge in [-0.2, -0.15) is 5.10 Å². The van der Waals surface area contributed by atoms with Crippen LogP contribution in [0.1, 0.15) is 29.4 Å². The van der Waals surface area contributed by atoms with E-state index in [-0.39, 0.29) is 0 Å². The first-order chi connectivity index (χ1) is 17.0. The first kappa shape index (κ1) is 24.4. The van der Waals surface area contributed by atoms with Crippen molar-refractivity contribution in [2.75, 3.05) is 26.9 Å². The molecule has 4 rings (SSSR count). The predicted octanol–water partition coefficient (Wildman–Crippen LogP) is 2.81. The number of carbonyl (C=O) groups excluding carboxylic acids is 1. The van der Waals surface area contributed by atoms with Gasteiger partial charge in [0, 0.05) is 62.3 Å². The van der Waals surface area contributed by atoms with E-state index >= 15 is 0 Å². The minimum Gasteiger partial charge on any atom is -0.491 e. The first-order valence-corrected chi connectivity index (χ1v) is 11.6. The van der Waals surface area contributed by atoms with Crippen molar-refractivity contribution >= 4 is 27.8 Å². The topological polar surface area (TPSA) is 136 Å². The maximum absolute atomic E-state index is 12.1. The number of primary amides is 1. The summed E-state index contributed by atoms with van der Waals surface area (Å²) in [6.07, 6.45) is 6.37. The molecule has 0 aliphatic carbocycles. The second kappa shape index (κ2) is 10.7. The van der Waals surface area contributed by atoms with Gasteiger partial charge in [0.2, 0.25) is 5.91 Å². The molecular formula is C25H31N7O3. The number of rotatable bonds is 11. The standard InChI is InChI=1S/C25H31N7O3/c1-4-32-20(12-16(2)30-32)24-28-15-19-18-13-17(23(27)33)14-21(35-11-7-10-34-3)22(18)31(25(19)29-24)9-6-5-8-26/h5-6,12-15H,4,7-11,26H2,1-3H3,(H2,27,33)/b6-5+. The minimum atomic E-state index is -0.530. The maximum atomic E-state index is 12.1. The number of methoxy groups -OCH3 is 1. The number of nitrogens with two attached hydrogens (primary N) is 2. The summed E-state index contributed by atoms with van der Waals surface area (Å²) in [5, 5.41) is 6.13. The molecule has 0 radical (unpaired) electrons. The number of aromatic nitrogens is 5. The molecule has 1 amide bonds. The zero-order valence-corrected chi connectivity index (χ0v) is 20.3. The fourth-order valence-corrected chi connectivity index (χ4v) is 4.15. The summed E-state index contributed by atoms with van der Waals surface area (Å²) >= 11 is 0. The number of aryl methyl sites for hydroxylation is 2. The number of nitrogens with zero attached hydrogens (tertiary/aromatic N) is 5. The Kier molecular flexibility index (Phi) is 7.42. The van der Waals surface area contributed by atoms with E-state index in [1.807, 2.05) is 36.7 Å². The summed E-state index contributed by atoms with van der Waals surface area (Å²) in [5.41, 5.74) is 15.0. The van der Waals surface area contributed by atoms with E-state index in [9.17, 15) is 4.79 Å². The summed E-state index contributed by atoms with van der Waals surface area (Å²) in [7, 11) is 1.65. The van der Waals surface area contributed by atoms with Crippen molar-refractivity contribution in [3.63, 3.8) is 0 Å². The lowest BCUT2D eigenvalue weighted by molar-refractivity contribution is 0.1000. The fraction of sp³-hybridized carbons (Fsp3) is 0.360. The zero-order valence-electron chi connectivity index (χ0n) is 20.3. The summed E-state index contributed by atoms with van der Waals surface area (Å²) < 4.78 is 15.2. The van der Waals surface area contributed by atoms with Crippen molar-refractivity contribution in [1.82, 2.24) is 24.3 Å². The van der Waals surface area contributed by atoms with Gasteiger partial charge < -0.3 is 25.5 Å². The van der Waals surface area contributed by atoms with Gasteiger partial charge in [-0.05, 0) is 32.0 Å². The lowest BCUT2D eigenvalue weighted by Crippen LogP contribution is -2.12. The number of ether oxygens (including phenoxy) is 2. The van der Waals surface area contributed by atoms with Crippen molar-refractivity contribution in [3.8, 4) is 17.3 Å². The Morgan fingerprint density at radius 1 is 1.17 bits per heavy atom.